The van der Waals surface area contributed by atoms with Crippen LogP contribution >= 0.6 is 0 Å². The number of nitrogens with one attached hydrogen (secondary N) is 1. The summed E-state index contributed by atoms with van der Waals surface area (Å²) < 4.78 is 0. The number of benzene rings is 2. The molecule has 1 aliphatic carbocycles. The molecule has 1 atom stereocenters. The Balaban J connectivity index is 1.75. The minimum Gasteiger partial charge on any atom is -0.355 e. The summed E-state index contributed by atoms with van der Waals surface area (Å²) in [4.78, 5) is 0. The van der Waals surface area contributed by atoms with Gasteiger partial charge in [0.1, 0.15) is 0 Å². The zero-order valence-electron chi connectivity index (χ0n) is 15.9. The SMILES string of the molecule is C=C/C(=C\C=C/C)C1C=C=CC(Nc2ccc(-c3ccc(C)cc3)cc2)=C1. The van der Waals surface area contributed by atoms with Crippen LogP contribution in [0, 0.1) is 12.8 Å². The Hall–Kier alpha value is -3.28. The smallest absolute Gasteiger partial charge is 0.0431 e. The number of hydrogen-bond acceptors (Lipinski definition) is 1. The average molecular weight is 351 g/mol. The molecule has 2 aromatic carbocycles. The summed E-state index contributed by atoms with van der Waals surface area (Å²) in [6.45, 7) is 8.05. The van der Waals surface area contributed by atoms with Gasteiger partial charge in [-0.1, -0.05) is 72.8 Å². The molecule has 3 rings (SSSR count). The lowest BCUT2D eigenvalue weighted by atomic mass is 9.95. The topological polar surface area (TPSA) is 12.0 Å². The fraction of sp³-hybridized carbons (Fsp3) is 0.115. The Labute approximate surface area is 162 Å². The molecule has 134 valence electrons. The van der Waals surface area contributed by atoms with E-state index in [1.165, 1.54) is 16.7 Å². The summed E-state index contributed by atoms with van der Waals surface area (Å²) >= 11 is 0. The van der Waals surface area contributed by atoms with Gasteiger partial charge in [0.15, 0.2) is 0 Å². The van der Waals surface area contributed by atoms with E-state index >= 15 is 0 Å². The molecule has 1 heteroatoms. The number of anilines is 1. The third-order valence-corrected chi connectivity index (χ3v) is 4.53. The summed E-state index contributed by atoms with van der Waals surface area (Å²) in [5, 5.41) is 3.48. The predicted molar refractivity (Wildman–Crippen MR) is 118 cm³/mol. The summed E-state index contributed by atoms with van der Waals surface area (Å²) in [6.07, 6.45) is 14.3. The van der Waals surface area contributed by atoms with Gasteiger partial charge in [-0.3, -0.25) is 0 Å². The minimum atomic E-state index is 0.179. The molecule has 0 saturated heterocycles. The first-order valence-electron chi connectivity index (χ1n) is 9.23. The van der Waals surface area contributed by atoms with Gasteiger partial charge >= 0.3 is 0 Å². The monoisotopic (exact) mass is 351 g/mol. The normalized spacial score (nSPS) is 16.4. The summed E-state index contributed by atoms with van der Waals surface area (Å²) in [6, 6.07) is 17.1. The maximum Gasteiger partial charge on any atom is 0.0431 e. The quantitative estimate of drug-likeness (QED) is 0.437. The fourth-order valence-corrected chi connectivity index (χ4v) is 2.98. The van der Waals surface area contributed by atoms with Crippen LogP contribution in [0.2, 0.25) is 0 Å². The van der Waals surface area contributed by atoms with Crippen LogP contribution in [0.5, 0.6) is 0 Å². The maximum atomic E-state index is 3.93. The molecule has 0 spiro atoms. The van der Waals surface area contributed by atoms with E-state index in [2.05, 4.69) is 91.3 Å². The minimum absolute atomic E-state index is 0.179. The van der Waals surface area contributed by atoms with E-state index in [0.29, 0.717) is 0 Å². The van der Waals surface area contributed by atoms with E-state index in [1.54, 1.807) is 0 Å². The van der Waals surface area contributed by atoms with Crippen LogP contribution in [0.1, 0.15) is 12.5 Å². The molecule has 0 aromatic heterocycles. The van der Waals surface area contributed by atoms with Gasteiger partial charge in [0.05, 0.1) is 0 Å². The molecule has 0 bridgehead atoms. The second kappa shape index (κ2) is 8.89. The highest BCUT2D eigenvalue weighted by molar-refractivity contribution is 5.67. The summed E-state index contributed by atoms with van der Waals surface area (Å²) in [7, 11) is 0. The Bertz CT molecular complexity index is 944. The Morgan fingerprint density at radius 3 is 2.33 bits per heavy atom. The van der Waals surface area contributed by atoms with Crippen molar-refractivity contribution >= 4 is 5.69 Å². The highest BCUT2D eigenvalue weighted by atomic mass is 14.9. The second-order valence-electron chi connectivity index (χ2n) is 6.59. The zero-order valence-corrected chi connectivity index (χ0v) is 15.9. The van der Waals surface area contributed by atoms with Crippen LogP contribution in [-0.4, -0.2) is 0 Å². The van der Waals surface area contributed by atoms with E-state index in [4.69, 9.17) is 0 Å². The van der Waals surface area contributed by atoms with Gasteiger partial charge in [-0.05, 0) is 54.8 Å². The zero-order chi connectivity index (χ0) is 19.1. The van der Waals surface area contributed by atoms with Gasteiger partial charge in [-0.15, -0.1) is 5.73 Å². The molecule has 1 nitrogen and oxygen atoms in total. The van der Waals surface area contributed by atoms with E-state index < -0.39 is 0 Å². The Morgan fingerprint density at radius 2 is 1.70 bits per heavy atom. The lowest BCUT2D eigenvalue weighted by molar-refractivity contribution is 0.988. The molecule has 0 heterocycles. The highest BCUT2D eigenvalue weighted by Gasteiger charge is 2.09. The molecule has 1 aliphatic rings. The summed E-state index contributed by atoms with van der Waals surface area (Å²) in [5.74, 6) is 0.179. The fourth-order valence-electron chi connectivity index (χ4n) is 2.98. The standard InChI is InChI=1S/C26H25N/c1-4-6-8-21(5-2)24-9-7-10-26(19-24)27-25-17-15-23(16-18-25)22-13-11-20(3)12-14-22/h4-6,8-19,24,27H,2H2,1,3H3/b6-4-,21-8+. The van der Waals surface area contributed by atoms with Crippen LogP contribution in [0.3, 0.4) is 0 Å². The number of allylic oxidation sites excluding steroid dienone is 7. The van der Waals surface area contributed by atoms with Crippen molar-refractivity contribution in [2.45, 2.75) is 13.8 Å². The van der Waals surface area contributed by atoms with Crippen molar-refractivity contribution < 1.29 is 0 Å². The van der Waals surface area contributed by atoms with E-state index in [1.807, 2.05) is 31.2 Å². The number of aryl methyl sites for hydroxylation is 1. The van der Waals surface area contributed by atoms with Crippen LogP contribution in [0.4, 0.5) is 5.69 Å². The van der Waals surface area contributed by atoms with Gasteiger partial charge in [0, 0.05) is 23.4 Å². The molecule has 0 radical (unpaired) electrons. The Morgan fingerprint density at radius 1 is 1.04 bits per heavy atom. The van der Waals surface area contributed by atoms with Gasteiger partial charge in [-0.2, -0.15) is 0 Å². The van der Waals surface area contributed by atoms with Crippen molar-refractivity contribution in [2.75, 3.05) is 5.32 Å². The second-order valence-corrected chi connectivity index (χ2v) is 6.59. The van der Waals surface area contributed by atoms with Crippen LogP contribution in [0.15, 0.2) is 115 Å². The first-order valence-corrected chi connectivity index (χ1v) is 9.23. The van der Waals surface area contributed by atoms with Gasteiger partial charge < -0.3 is 5.32 Å². The van der Waals surface area contributed by atoms with Crippen LogP contribution in [-0.2, 0) is 0 Å². The molecule has 0 saturated carbocycles. The molecule has 27 heavy (non-hydrogen) atoms. The summed E-state index contributed by atoms with van der Waals surface area (Å²) in [5.41, 5.74) is 10.2. The van der Waals surface area contributed by atoms with E-state index in [-0.39, 0.29) is 5.92 Å². The first-order chi connectivity index (χ1) is 13.2. The molecule has 2 aromatic rings. The van der Waals surface area contributed by atoms with Crippen LogP contribution < -0.4 is 5.32 Å². The predicted octanol–water partition coefficient (Wildman–Crippen LogP) is 6.99. The third kappa shape index (κ3) is 4.88. The third-order valence-electron chi connectivity index (χ3n) is 4.53. The lowest BCUT2D eigenvalue weighted by Gasteiger charge is -2.15. The van der Waals surface area contributed by atoms with Gasteiger partial charge in [0.25, 0.3) is 0 Å². The molecule has 0 fully saturated rings. The van der Waals surface area contributed by atoms with Crippen LogP contribution in [0.25, 0.3) is 11.1 Å². The van der Waals surface area contributed by atoms with Gasteiger partial charge in [-0.25, -0.2) is 0 Å². The maximum absolute atomic E-state index is 3.93. The molecule has 0 aliphatic heterocycles. The van der Waals surface area contributed by atoms with E-state index in [9.17, 15) is 0 Å². The molecule has 0 amide bonds. The van der Waals surface area contributed by atoms with Crippen molar-refractivity contribution in [1.82, 2.24) is 0 Å². The Kier molecular flexibility index (Phi) is 6.10. The molecular weight excluding hydrogens is 326 g/mol. The lowest BCUT2D eigenvalue weighted by Crippen LogP contribution is -2.04. The van der Waals surface area contributed by atoms with Crippen molar-refractivity contribution in [1.29, 1.82) is 0 Å². The highest BCUT2D eigenvalue weighted by Crippen LogP contribution is 2.25. The van der Waals surface area contributed by atoms with Crippen molar-refractivity contribution in [2.24, 2.45) is 5.92 Å². The van der Waals surface area contributed by atoms with Crippen molar-refractivity contribution in [3.63, 3.8) is 0 Å². The molecular formula is C26H25N. The number of rotatable bonds is 6. The molecule has 1 N–H and O–H groups in total. The largest absolute Gasteiger partial charge is 0.355 e. The van der Waals surface area contributed by atoms with Gasteiger partial charge in [0.2, 0.25) is 0 Å². The first kappa shape index (κ1) is 18.5. The molecule has 1 unspecified atom stereocenters. The average Bonchev–Trinajstić information content (AvgIpc) is 2.70. The van der Waals surface area contributed by atoms with Crippen molar-refractivity contribution in [3.05, 3.63) is 120 Å². The number of hydrogen-bond donors (Lipinski definition) is 1. The van der Waals surface area contributed by atoms with Crippen molar-refractivity contribution in [3.8, 4) is 11.1 Å². The van der Waals surface area contributed by atoms with E-state index in [0.717, 1.165) is 17.0 Å².